The average molecular weight is 292 g/mol. The number of Topliss-reactive ketones (excluding diaryl/α,β-unsaturated/α-hetero) is 1. The molecule has 0 heterocycles. The minimum Gasteiger partial charge on any atom is -0.319 e. The third kappa shape index (κ3) is 3.35. The molecule has 0 spiro atoms. The Kier molecular flexibility index (Phi) is 5.02. The van der Waals surface area contributed by atoms with Crippen LogP contribution in [0.4, 0.5) is 8.78 Å². The van der Waals surface area contributed by atoms with E-state index in [9.17, 15) is 13.6 Å². The molecular weight excluding hydrogens is 280 g/mol. The Balaban J connectivity index is 2.80. The molecule has 16 heavy (non-hydrogen) atoms. The summed E-state index contributed by atoms with van der Waals surface area (Å²) in [6.07, 6.45) is 0.0562. The molecule has 0 fully saturated rings. The topological polar surface area (TPSA) is 29.1 Å². The summed E-state index contributed by atoms with van der Waals surface area (Å²) in [5.74, 6) is -1.57. The molecular formula is C11H12BrF2NO. The van der Waals surface area contributed by atoms with E-state index in [1.165, 1.54) is 6.07 Å². The van der Waals surface area contributed by atoms with Crippen LogP contribution in [0.1, 0.15) is 12.0 Å². The summed E-state index contributed by atoms with van der Waals surface area (Å²) in [6, 6.07) is 2.43. The summed E-state index contributed by atoms with van der Waals surface area (Å²) in [5.41, 5.74) is -0.171. The number of hydrogen-bond acceptors (Lipinski definition) is 2. The van der Waals surface area contributed by atoms with Crippen LogP contribution in [-0.4, -0.2) is 19.4 Å². The molecule has 5 heteroatoms. The molecule has 2 nitrogen and oxygen atoms in total. The molecule has 0 saturated carbocycles. The van der Waals surface area contributed by atoms with Crippen LogP contribution >= 0.6 is 15.9 Å². The van der Waals surface area contributed by atoms with Crippen LogP contribution in [0.15, 0.2) is 16.6 Å². The first-order valence-corrected chi connectivity index (χ1v) is 5.64. The lowest BCUT2D eigenvalue weighted by Gasteiger charge is -2.05. The molecule has 0 amide bonds. The highest BCUT2D eigenvalue weighted by atomic mass is 79.9. The van der Waals surface area contributed by atoms with Crippen LogP contribution in [0.5, 0.6) is 0 Å². The zero-order valence-corrected chi connectivity index (χ0v) is 10.4. The van der Waals surface area contributed by atoms with Crippen LogP contribution in [0.3, 0.4) is 0 Å². The van der Waals surface area contributed by atoms with Crippen molar-refractivity contribution in [2.24, 2.45) is 0 Å². The van der Waals surface area contributed by atoms with E-state index in [1.807, 2.05) is 0 Å². The summed E-state index contributed by atoms with van der Waals surface area (Å²) in [4.78, 5) is 11.4. The Morgan fingerprint density at radius 2 is 2.12 bits per heavy atom. The molecule has 0 aromatic heterocycles. The molecule has 1 aromatic carbocycles. The van der Waals surface area contributed by atoms with Gasteiger partial charge >= 0.3 is 0 Å². The predicted octanol–water partition coefficient (Wildman–Crippen LogP) is 2.45. The van der Waals surface area contributed by atoms with Gasteiger partial charge in [0.1, 0.15) is 17.4 Å². The van der Waals surface area contributed by atoms with Crippen molar-refractivity contribution < 1.29 is 13.6 Å². The molecule has 0 aliphatic carbocycles. The second kappa shape index (κ2) is 6.06. The number of benzene rings is 1. The minimum absolute atomic E-state index is 0.171. The van der Waals surface area contributed by atoms with Crippen molar-refractivity contribution in [3.63, 3.8) is 0 Å². The van der Waals surface area contributed by atoms with Crippen LogP contribution in [-0.2, 0) is 11.2 Å². The Morgan fingerprint density at radius 3 is 2.75 bits per heavy atom. The van der Waals surface area contributed by atoms with Gasteiger partial charge in [0.05, 0.1) is 4.47 Å². The molecule has 0 radical (unpaired) electrons. The fraction of sp³-hybridized carbons (Fsp3) is 0.364. The zero-order chi connectivity index (χ0) is 12.1. The number of nitrogens with one attached hydrogen (secondary N) is 1. The highest BCUT2D eigenvalue weighted by molar-refractivity contribution is 9.10. The first-order valence-electron chi connectivity index (χ1n) is 4.85. The summed E-state index contributed by atoms with van der Waals surface area (Å²) in [5, 5.41) is 2.81. The van der Waals surface area contributed by atoms with Crippen molar-refractivity contribution in [1.29, 1.82) is 0 Å². The largest absolute Gasteiger partial charge is 0.319 e. The lowest BCUT2D eigenvalue weighted by molar-refractivity contribution is -0.118. The lowest BCUT2D eigenvalue weighted by atomic mass is 10.1. The smallest absolute Gasteiger partial charge is 0.143 e. The van der Waals surface area contributed by atoms with E-state index in [-0.39, 0.29) is 28.7 Å². The van der Waals surface area contributed by atoms with Gasteiger partial charge in [0, 0.05) is 24.9 Å². The average Bonchev–Trinajstić information content (AvgIpc) is 2.27. The molecule has 0 aliphatic heterocycles. The van der Waals surface area contributed by atoms with E-state index in [1.54, 1.807) is 7.05 Å². The number of carbonyl (C=O) groups is 1. The second-order valence-corrected chi connectivity index (χ2v) is 4.25. The Hall–Kier alpha value is -0.810. The Morgan fingerprint density at radius 1 is 1.44 bits per heavy atom. The van der Waals surface area contributed by atoms with Gasteiger partial charge in [-0.3, -0.25) is 4.79 Å². The quantitative estimate of drug-likeness (QED) is 0.845. The fourth-order valence-corrected chi connectivity index (χ4v) is 1.65. The van der Waals surface area contributed by atoms with Crippen molar-refractivity contribution in [2.75, 3.05) is 13.6 Å². The van der Waals surface area contributed by atoms with Crippen LogP contribution in [0.2, 0.25) is 0 Å². The molecule has 0 bridgehead atoms. The van der Waals surface area contributed by atoms with Gasteiger partial charge in [-0.15, -0.1) is 0 Å². The molecule has 0 unspecified atom stereocenters. The van der Waals surface area contributed by atoms with E-state index in [4.69, 9.17) is 0 Å². The van der Waals surface area contributed by atoms with Gasteiger partial charge in [-0.2, -0.15) is 0 Å². The number of rotatable bonds is 5. The maximum absolute atomic E-state index is 13.5. The van der Waals surface area contributed by atoms with Crippen molar-refractivity contribution in [3.05, 3.63) is 33.8 Å². The third-order valence-electron chi connectivity index (χ3n) is 2.17. The van der Waals surface area contributed by atoms with Gasteiger partial charge in [-0.1, -0.05) is 0 Å². The molecule has 1 rings (SSSR count). The summed E-state index contributed by atoms with van der Waals surface area (Å²) >= 11 is 2.96. The predicted molar refractivity (Wildman–Crippen MR) is 61.3 cm³/mol. The molecule has 0 saturated heterocycles. The lowest BCUT2D eigenvalue weighted by Crippen LogP contribution is -2.15. The highest BCUT2D eigenvalue weighted by Gasteiger charge is 2.15. The monoisotopic (exact) mass is 291 g/mol. The molecule has 1 N–H and O–H groups in total. The maximum atomic E-state index is 13.5. The standard InChI is InChI=1S/C11H12BrF2NO/c1-15-5-4-7(16)6-8-10(13)3-2-9(12)11(8)14/h2-3,15H,4-6H2,1H3. The van der Waals surface area contributed by atoms with E-state index in [0.29, 0.717) is 6.54 Å². The number of hydrogen-bond donors (Lipinski definition) is 1. The van der Waals surface area contributed by atoms with E-state index >= 15 is 0 Å². The third-order valence-corrected chi connectivity index (χ3v) is 2.78. The zero-order valence-electron chi connectivity index (χ0n) is 8.82. The van der Waals surface area contributed by atoms with Gasteiger partial charge in [0.15, 0.2) is 0 Å². The normalized spacial score (nSPS) is 10.5. The van der Waals surface area contributed by atoms with E-state index < -0.39 is 11.6 Å². The molecule has 88 valence electrons. The van der Waals surface area contributed by atoms with Gasteiger partial charge < -0.3 is 5.32 Å². The number of halogens is 3. The van der Waals surface area contributed by atoms with Crippen molar-refractivity contribution in [2.45, 2.75) is 12.8 Å². The molecule has 0 aliphatic rings. The van der Waals surface area contributed by atoms with Gasteiger partial charge in [-0.25, -0.2) is 8.78 Å². The second-order valence-electron chi connectivity index (χ2n) is 3.39. The van der Waals surface area contributed by atoms with Crippen LogP contribution < -0.4 is 5.32 Å². The molecule has 0 atom stereocenters. The fourth-order valence-electron chi connectivity index (χ4n) is 1.28. The first kappa shape index (κ1) is 13.3. The minimum atomic E-state index is -0.696. The van der Waals surface area contributed by atoms with Gasteiger partial charge in [-0.05, 0) is 35.1 Å². The van der Waals surface area contributed by atoms with Gasteiger partial charge in [0.25, 0.3) is 0 Å². The Labute approximate surface area is 101 Å². The summed E-state index contributed by atoms with van der Waals surface area (Å²) in [6.45, 7) is 0.510. The van der Waals surface area contributed by atoms with E-state index in [0.717, 1.165) is 6.07 Å². The highest BCUT2D eigenvalue weighted by Crippen LogP contribution is 2.22. The summed E-state index contributed by atoms with van der Waals surface area (Å²) in [7, 11) is 1.72. The van der Waals surface area contributed by atoms with Crippen LogP contribution in [0, 0.1) is 11.6 Å². The van der Waals surface area contributed by atoms with Crippen molar-refractivity contribution in [1.82, 2.24) is 5.32 Å². The Bertz CT molecular complexity index is 396. The SMILES string of the molecule is CNCCC(=O)Cc1c(F)ccc(Br)c1F. The maximum Gasteiger partial charge on any atom is 0.143 e. The first-order chi connectivity index (χ1) is 7.56. The summed E-state index contributed by atoms with van der Waals surface area (Å²) < 4.78 is 26.9. The number of ketones is 1. The van der Waals surface area contributed by atoms with Crippen molar-refractivity contribution >= 4 is 21.7 Å². The number of carbonyl (C=O) groups excluding carboxylic acids is 1. The van der Waals surface area contributed by atoms with Crippen LogP contribution in [0.25, 0.3) is 0 Å². The van der Waals surface area contributed by atoms with Gasteiger partial charge in [0.2, 0.25) is 0 Å². The van der Waals surface area contributed by atoms with Crippen molar-refractivity contribution in [3.8, 4) is 0 Å². The molecule has 1 aromatic rings. The van der Waals surface area contributed by atoms with E-state index in [2.05, 4.69) is 21.2 Å².